The zero-order valence-corrected chi connectivity index (χ0v) is 29.2. The molecule has 2 aliphatic rings. The molecule has 0 bridgehead atoms. The van der Waals surface area contributed by atoms with Gasteiger partial charge in [-0.3, -0.25) is 19.4 Å². The van der Waals surface area contributed by atoms with E-state index in [1.807, 2.05) is 67.9 Å². The van der Waals surface area contributed by atoms with Gasteiger partial charge in [0.15, 0.2) is 11.4 Å². The molecular formula is C39H41N7O5. The Kier molecular flexibility index (Phi) is 9.20. The molecule has 1 amide bonds. The topological polar surface area (TPSA) is 161 Å². The number of aliphatic hydroxyl groups excluding tert-OH is 1. The van der Waals surface area contributed by atoms with Crippen molar-refractivity contribution in [2.24, 2.45) is 13.0 Å². The number of oxazole rings is 1. The van der Waals surface area contributed by atoms with Gasteiger partial charge in [0.25, 0.3) is 5.91 Å². The lowest BCUT2D eigenvalue weighted by Gasteiger charge is -2.27. The van der Waals surface area contributed by atoms with Crippen molar-refractivity contribution in [2.75, 3.05) is 31.5 Å². The van der Waals surface area contributed by atoms with Gasteiger partial charge in [-0.05, 0) is 85.8 Å². The van der Waals surface area contributed by atoms with E-state index in [4.69, 9.17) is 14.4 Å². The predicted octanol–water partition coefficient (Wildman–Crippen LogP) is 5.28. The molecule has 4 heterocycles. The number of imidazole rings is 1. The number of hydrogen-bond donors (Lipinski definition) is 3. The van der Waals surface area contributed by atoms with E-state index in [1.54, 1.807) is 13.0 Å². The van der Waals surface area contributed by atoms with E-state index < -0.39 is 12.1 Å². The second kappa shape index (κ2) is 13.8. The van der Waals surface area contributed by atoms with Crippen molar-refractivity contribution in [3.63, 3.8) is 0 Å². The predicted molar refractivity (Wildman–Crippen MR) is 192 cm³/mol. The summed E-state index contributed by atoms with van der Waals surface area (Å²) in [6, 6.07) is 17.7. The number of hydrogen-bond acceptors (Lipinski definition) is 9. The van der Waals surface area contributed by atoms with Crippen LogP contribution in [0.15, 0.2) is 52.9 Å². The zero-order valence-electron chi connectivity index (χ0n) is 29.2. The number of aliphatic carboxylic acids is 1. The van der Waals surface area contributed by atoms with Crippen LogP contribution in [0.4, 0.5) is 5.69 Å². The number of nitriles is 1. The molecule has 7 rings (SSSR count). The molecule has 0 radical (unpaired) electrons. The van der Waals surface area contributed by atoms with Crippen molar-refractivity contribution in [3.05, 3.63) is 88.0 Å². The Morgan fingerprint density at radius 3 is 2.53 bits per heavy atom. The number of aromatic nitrogens is 3. The summed E-state index contributed by atoms with van der Waals surface area (Å²) in [6.45, 7) is 9.42. The number of carboxylic acids is 1. The quantitative estimate of drug-likeness (QED) is 0.186. The van der Waals surface area contributed by atoms with Gasteiger partial charge in [-0.25, -0.2) is 9.97 Å². The van der Waals surface area contributed by atoms with Gasteiger partial charge in [0.1, 0.15) is 11.6 Å². The Labute approximate surface area is 296 Å². The van der Waals surface area contributed by atoms with Gasteiger partial charge in [-0.2, -0.15) is 5.26 Å². The van der Waals surface area contributed by atoms with Crippen LogP contribution in [0.3, 0.4) is 0 Å². The smallest absolute Gasteiger partial charge is 0.307 e. The van der Waals surface area contributed by atoms with Crippen molar-refractivity contribution in [3.8, 4) is 28.7 Å². The lowest BCUT2D eigenvalue weighted by molar-refractivity contribution is -0.141. The molecule has 1 unspecified atom stereocenters. The number of β-amino-alcohol motifs (C(OH)–C–C–N with tert-alkyl or cyclic N) is 1. The highest BCUT2D eigenvalue weighted by Gasteiger charge is 2.29. The number of likely N-dealkylation sites (tertiary alicyclic amines) is 1. The summed E-state index contributed by atoms with van der Waals surface area (Å²) in [5.74, 6) is -0.689. The molecule has 262 valence electrons. The van der Waals surface area contributed by atoms with Crippen LogP contribution in [0.25, 0.3) is 33.7 Å². The normalized spacial score (nSPS) is 17.0. The summed E-state index contributed by atoms with van der Waals surface area (Å²) in [7, 11) is 1.87. The fourth-order valence-electron chi connectivity index (χ4n) is 7.53. The van der Waals surface area contributed by atoms with Gasteiger partial charge < -0.3 is 24.5 Å². The Balaban J connectivity index is 1.14. The monoisotopic (exact) mass is 687 g/mol. The van der Waals surface area contributed by atoms with Gasteiger partial charge in [-0.1, -0.05) is 24.3 Å². The number of rotatable bonds is 9. The van der Waals surface area contributed by atoms with Gasteiger partial charge in [0, 0.05) is 63.1 Å². The number of carboxylic acid groups (broad SMARTS) is 1. The van der Waals surface area contributed by atoms with Crippen molar-refractivity contribution < 1.29 is 24.2 Å². The van der Waals surface area contributed by atoms with Crippen LogP contribution in [-0.4, -0.2) is 78.7 Å². The molecule has 3 N–H and O–H groups in total. The van der Waals surface area contributed by atoms with E-state index >= 15 is 0 Å². The second-order valence-corrected chi connectivity index (χ2v) is 13.8. The van der Waals surface area contributed by atoms with Crippen LogP contribution in [0.2, 0.25) is 0 Å². The number of amides is 1. The summed E-state index contributed by atoms with van der Waals surface area (Å²) < 4.78 is 8.12. The summed E-state index contributed by atoms with van der Waals surface area (Å²) in [4.78, 5) is 38.8. The van der Waals surface area contributed by atoms with Gasteiger partial charge >= 0.3 is 5.97 Å². The van der Waals surface area contributed by atoms with Crippen LogP contribution in [0, 0.1) is 31.1 Å². The molecule has 1 fully saturated rings. The average Bonchev–Trinajstić information content (AvgIpc) is 3.83. The summed E-state index contributed by atoms with van der Waals surface area (Å²) in [6.07, 6.45) is 0.938. The number of nitrogens with zero attached hydrogens (tertiary/aromatic N) is 6. The largest absolute Gasteiger partial charge is 0.481 e. The maximum atomic E-state index is 13.6. The van der Waals surface area contributed by atoms with Crippen LogP contribution >= 0.6 is 0 Å². The number of aliphatic hydroxyl groups is 1. The number of carbonyl (C=O) groups excluding carboxylic acids is 1. The Bertz CT molecular complexity index is 2210. The molecule has 12 heteroatoms. The zero-order chi connectivity index (χ0) is 36.0. The first-order valence-corrected chi connectivity index (χ1v) is 17.3. The second-order valence-electron chi connectivity index (χ2n) is 13.8. The number of fused-ring (bicyclic) bond motifs is 2. The highest BCUT2D eigenvalue weighted by molar-refractivity contribution is 6.03. The van der Waals surface area contributed by atoms with E-state index in [2.05, 4.69) is 21.2 Å². The van der Waals surface area contributed by atoms with Crippen molar-refractivity contribution in [2.45, 2.75) is 52.8 Å². The minimum absolute atomic E-state index is 0.287. The van der Waals surface area contributed by atoms with E-state index in [0.29, 0.717) is 73.2 Å². The summed E-state index contributed by atoms with van der Waals surface area (Å²) in [5.41, 5.74) is 9.36. The summed E-state index contributed by atoms with van der Waals surface area (Å²) >= 11 is 0. The average molecular weight is 688 g/mol. The third kappa shape index (κ3) is 6.63. The molecule has 12 nitrogen and oxygen atoms in total. The maximum absolute atomic E-state index is 13.6. The highest BCUT2D eigenvalue weighted by atomic mass is 16.4. The molecular weight excluding hydrogens is 646 g/mol. The third-order valence-corrected chi connectivity index (χ3v) is 10.2. The Morgan fingerprint density at radius 2 is 1.80 bits per heavy atom. The van der Waals surface area contributed by atoms with E-state index in [0.717, 1.165) is 57.7 Å². The molecule has 3 aromatic carbocycles. The maximum Gasteiger partial charge on any atom is 0.307 e. The van der Waals surface area contributed by atoms with Gasteiger partial charge in [-0.15, -0.1) is 0 Å². The lowest BCUT2D eigenvalue weighted by Crippen LogP contribution is -2.36. The van der Waals surface area contributed by atoms with E-state index in [-0.39, 0.29) is 11.8 Å². The third-order valence-electron chi connectivity index (χ3n) is 10.2. The SMILES string of the molecule is Cc1c(NC(=O)c2nc3c(n2C)CCN(CC(C)O)C3)cccc1-c1cccc(-c2nc3cc(CN4CC[C@H](C(=O)O)C4)cc(C#N)c3o2)c1C. The standard InChI is InChI=1S/C39H41N7O5/c1-22(47)18-45-14-12-34-33(21-45)41-36(44(34)4)37(48)42-31-10-6-8-29(24(31)3)28-7-5-9-30(23(28)2)38-43-32-16-25(15-27(17-40)35(32)51-38)19-46-13-11-26(20-46)39(49)50/h5-10,15-16,22,26,47H,11-14,18-21H2,1-4H3,(H,42,48)(H,49,50)/t22?,26-/m0/s1. The first-order valence-electron chi connectivity index (χ1n) is 17.3. The van der Waals surface area contributed by atoms with E-state index in [1.165, 1.54) is 0 Å². The molecule has 2 aromatic heterocycles. The first-order chi connectivity index (χ1) is 24.5. The van der Waals surface area contributed by atoms with Crippen LogP contribution in [0.5, 0.6) is 0 Å². The minimum Gasteiger partial charge on any atom is -0.481 e. The van der Waals surface area contributed by atoms with Crippen LogP contribution in [-0.2, 0) is 31.4 Å². The van der Waals surface area contributed by atoms with Crippen molar-refractivity contribution in [1.29, 1.82) is 5.26 Å². The van der Waals surface area contributed by atoms with E-state index in [9.17, 15) is 25.1 Å². The van der Waals surface area contributed by atoms with Crippen molar-refractivity contribution in [1.82, 2.24) is 24.3 Å². The molecule has 2 aliphatic heterocycles. The van der Waals surface area contributed by atoms with Crippen LogP contribution in [0.1, 0.15) is 57.6 Å². The number of nitrogens with one attached hydrogen (secondary N) is 1. The van der Waals surface area contributed by atoms with Crippen molar-refractivity contribution >= 4 is 28.7 Å². The fraction of sp³-hybridized carbons (Fsp3) is 0.359. The first kappa shape index (κ1) is 34.1. The fourth-order valence-corrected chi connectivity index (χ4v) is 7.53. The van der Waals surface area contributed by atoms with Gasteiger partial charge in [0.2, 0.25) is 5.89 Å². The number of carbonyl (C=O) groups is 2. The Morgan fingerprint density at radius 1 is 1.06 bits per heavy atom. The molecule has 5 aromatic rings. The molecule has 51 heavy (non-hydrogen) atoms. The molecule has 0 saturated carbocycles. The van der Waals surface area contributed by atoms with Gasteiger partial charge in [0.05, 0.1) is 23.3 Å². The number of anilines is 1. The number of benzene rings is 3. The van der Waals surface area contributed by atoms with Crippen LogP contribution < -0.4 is 5.32 Å². The molecule has 0 aliphatic carbocycles. The molecule has 0 spiro atoms. The lowest BCUT2D eigenvalue weighted by atomic mass is 9.93. The highest BCUT2D eigenvalue weighted by Crippen LogP contribution is 2.37. The molecule has 1 saturated heterocycles. The summed E-state index contributed by atoms with van der Waals surface area (Å²) in [5, 5.41) is 32.3. The minimum atomic E-state index is -0.777. The molecule has 2 atom stereocenters. The Hall–Kier alpha value is -5.35.